The highest BCUT2D eigenvalue weighted by Gasteiger charge is 2.19. The molecule has 1 aliphatic carbocycles. The number of ketones is 1. The third-order valence-electron chi connectivity index (χ3n) is 1.39. The largest absolute Gasteiger partial charge is 0.378 e. The summed E-state index contributed by atoms with van der Waals surface area (Å²) in [4.78, 5) is 10.9. The van der Waals surface area contributed by atoms with Crippen molar-refractivity contribution in [3.63, 3.8) is 0 Å². The van der Waals surface area contributed by atoms with Crippen molar-refractivity contribution in [1.82, 2.24) is 0 Å². The highest BCUT2D eigenvalue weighted by molar-refractivity contribution is 5.94. The molecular weight excluding hydrogens is 130 g/mol. The van der Waals surface area contributed by atoms with Gasteiger partial charge in [-0.2, -0.15) is 0 Å². The van der Waals surface area contributed by atoms with E-state index in [1.807, 2.05) is 0 Å². The fraction of sp³-hybridized carbons (Fsp3) is 0.286. The van der Waals surface area contributed by atoms with Crippen LogP contribution in [0.15, 0.2) is 24.3 Å². The van der Waals surface area contributed by atoms with E-state index in [2.05, 4.69) is 0 Å². The molecule has 0 amide bonds. The van der Waals surface area contributed by atoms with Crippen LogP contribution in [0.1, 0.15) is 0 Å². The quantitative estimate of drug-likeness (QED) is 0.485. The van der Waals surface area contributed by atoms with Gasteiger partial charge in [-0.1, -0.05) is 18.2 Å². The number of allylic oxidation sites excluding steroid dienone is 3. The zero-order chi connectivity index (χ0) is 7.56. The van der Waals surface area contributed by atoms with Crippen molar-refractivity contribution in [2.45, 2.75) is 6.23 Å². The van der Waals surface area contributed by atoms with Gasteiger partial charge in [0.05, 0.1) is 5.92 Å². The minimum atomic E-state index is -1.08. The molecular formula is C7H9NO2. The summed E-state index contributed by atoms with van der Waals surface area (Å²) < 4.78 is 0. The second kappa shape index (κ2) is 2.77. The lowest BCUT2D eigenvalue weighted by atomic mass is 9.98. The van der Waals surface area contributed by atoms with Crippen molar-refractivity contribution in [2.24, 2.45) is 11.7 Å². The molecule has 1 aliphatic rings. The lowest BCUT2D eigenvalue weighted by Gasteiger charge is -2.13. The Morgan fingerprint density at radius 1 is 1.60 bits per heavy atom. The first kappa shape index (κ1) is 7.18. The maximum atomic E-state index is 10.9. The molecule has 54 valence electrons. The van der Waals surface area contributed by atoms with Crippen LogP contribution in [0.4, 0.5) is 0 Å². The van der Waals surface area contributed by atoms with Crippen molar-refractivity contribution in [1.29, 1.82) is 0 Å². The Balaban J connectivity index is 2.70. The molecule has 0 bridgehead atoms. The predicted molar refractivity (Wildman–Crippen MR) is 37.0 cm³/mol. The lowest BCUT2D eigenvalue weighted by Crippen LogP contribution is -2.33. The number of carbonyl (C=O) groups is 1. The minimum absolute atomic E-state index is 0.141. The van der Waals surface area contributed by atoms with E-state index in [0.29, 0.717) is 0 Å². The van der Waals surface area contributed by atoms with Crippen LogP contribution in [0.2, 0.25) is 0 Å². The lowest BCUT2D eigenvalue weighted by molar-refractivity contribution is -0.119. The summed E-state index contributed by atoms with van der Waals surface area (Å²) in [6, 6.07) is 0. The molecule has 0 aliphatic heterocycles. The van der Waals surface area contributed by atoms with E-state index >= 15 is 0 Å². The van der Waals surface area contributed by atoms with Gasteiger partial charge in [-0.25, -0.2) is 0 Å². The molecule has 1 rings (SSSR count). The monoisotopic (exact) mass is 139 g/mol. The molecule has 0 heterocycles. The Labute approximate surface area is 58.8 Å². The van der Waals surface area contributed by atoms with Gasteiger partial charge < -0.3 is 10.8 Å². The maximum Gasteiger partial charge on any atom is 0.166 e. The SMILES string of the molecule is N[C@H](O)[C@@H]1C=CC=CC1=O. The molecule has 0 aromatic rings. The first-order chi connectivity index (χ1) is 4.72. The summed E-state index contributed by atoms with van der Waals surface area (Å²) in [7, 11) is 0. The van der Waals surface area contributed by atoms with Gasteiger partial charge in [0.25, 0.3) is 0 Å². The van der Waals surface area contributed by atoms with E-state index in [-0.39, 0.29) is 5.78 Å². The summed E-state index contributed by atoms with van der Waals surface area (Å²) in [6.07, 6.45) is 5.24. The third kappa shape index (κ3) is 1.32. The number of aliphatic hydroxyl groups excluding tert-OH is 1. The van der Waals surface area contributed by atoms with Gasteiger partial charge in [-0.3, -0.25) is 4.79 Å². The van der Waals surface area contributed by atoms with Gasteiger partial charge >= 0.3 is 0 Å². The molecule has 3 heteroatoms. The molecule has 0 aromatic carbocycles. The van der Waals surface area contributed by atoms with Gasteiger partial charge in [0.15, 0.2) is 5.78 Å². The number of hydrogen-bond acceptors (Lipinski definition) is 3. The fourth-order valence-corrected chi connectivity index (χ4v) is 0.822. The van der Waals surface area contributed by atoms with E-state index in [0.717, 1.165) is 0 Å². The first-order valence-electron chi connectivity index (χ1n) is 3.04. The molecule has 3 N–H and O–H groups in total. The van der Waals surface area contributed by atoms with Gasteiger partial charge in [-0.05, 0) is 6.08 Å². The first-order valence-corrected chi connectivity index (χ1v) is 3.04. The number of hydrogen-bond donors (Lipinski definition) is 2. The Bertz CT molecular complexity index is 194. The van der Waals surface area contributed by atoms with Crippen LogP contribution in [0.5, 0.6) is 0 Å². The molecule has 3 nitrogen and oxygen atoms in total. The minimum Gasteiger partial charge on any atom is -0.378 e. The number of carbonyl (C=O) groups excluding carboxylic acids is 1. The summed E-state index contributed by atoms with van der Waals surface area (Å²) in [5, 5.41) is 8.82. The van der Waals surface area contributed by atoms with Crippen LogP contribution in [-0.4, -0.2) is 17.1 Å². The summed E-state index contributed by atoms with van der Waals surface area (Å²) in [5.74, 6) is -0.692. The Morgan fingerprint density at radius 3 is 2.70 bits per heavy atom. The molecule has 0 spiro atoms. The van der Waals surface area contributed by atoms with Crippen LogP contribution in [0.25, 0.3) is 0 Å². The Morgan fingerprint density at radius 2 is 2.30 bits per heavy atom. The molecule has 2 atom stereocenters. The smallest absolute Gasteiger partial charge is 0.166 e. The summed E-state index contributed by atoms with van der Waals surface area (Å²) >= 11 is 0. The predicted octanol–water partition coefficient (Wildman–Crippen LogP) is -0.425. The standard InChI is InChI=1S/C7H9NO2/c8-7(10)5-3-1-2-4-6(5)9/h1-5,7,10H,8H2/t5-,7-/m1/s1. The second-order valence-electron chi connectivity index (χ2n) is 2.16. The molecule has 0 saturated carbocycles. The zero-order valence-electron chi connectivity index (χ0n) is 5.40. The van der Waals surface area contributed by atoms with Gasteiger partial charge in [0.2, 0.25) is 0 Å². The number of aliphatic hydroxyl groups is 1. The van der Waals surface area contributed by atoms with Gasteiger partial charge in [-0.15, -0.1) is 0 Å². The number of nitrogens with two attached hydrogens (primary N) is 1. The van der Waals surface area contributed by atoms with Crippen molar-refractivity contribution in [2.75, 3.05) is 0 Å². The van der Waals surface area contributed by atoms with Crippen LogP contribution >= 0.6 is 0 Å². The van der Waals surface area contributed by atoms with E-state index in [4.69, 9.17) is 10.8 Å². The summed E-state index contributed by atoms with van der Waals surface area (Å²) in [6.45, 7) is 0. The Hall–Kier alpha value is -0.930. The topological polar surface area (TPSA) is 63.3 Å². The van der Waals surface area contributed by atoms with Crippen molar-refractivity contribution in [3.05, 3.63) is 24.3 Å². The molecule has 0 saturated heterocycles. The van der Waals surface area contributed by atoms with Gasteiger partial charge in [0.1, 0.15) is 6.23 Å². The fourth-order valence-electron chi connectivity index (χ4n) is 0.822. The average Bonchev–Trinajstić information content (AvgIpc) is 1.88. The third-order valence-corrected chi connectivity index (χ3v) is 1.39. The molecule has 0 fully saturated rings. The highest BCUT2D eigenvalue weighted by Crippen LogP contribution is 2.08. The van der Waals surface area contributed by atoms with E-state index in [9.17, 15) is 4.79 Å². The molecule has 0 unspecified atom stereocenters. The van der Waals surface area contributed by atoms with Crippen LogP contribution in [-0.2, 0) is 4.79 Å². The van der Waals surface area contributed by atoms with E-state index < -0.39 is 12.1 Å². The van der Waals surface area contributed by atoms with E-state index in [1.165, 1.54) is 6.08 Å². The van der Waals surface area contributed by atoms with Crippen LogP contribution in [0.3, 0.4) is 0 Å². The second-order valence-corrected chi connectivity index (χ2v) is 2.16. The van der Waals surface area contributed by atoms with Crippen LogP contribution < -0.4 is 5.73 Å². The normalized spacial score (nSPS) is 27.0. The molecule has 0 radical (unpaired) electrons. The number of rotatable bonds is 1. The highest BCUT2D eigenvalue weighted by atomic mass is 16.3. The average molecular weight is 139 g/mol. The van der Waals surface area contributed by atoms with Crippen LogP contribution in [0, 0.1) is 5.92 Å². The van der Waals surface area contributed by atoms with Crippen molar-refractivity contribution in [3.8, 4) is 0 Å². The zero-order valence-corrected chi connectivity index (χ0v) is 5.40. The van der Waals surface area contributed by atoms with E-state index in [1.54, 1.807) is 18.2 Å². The molecule has 10 heavy (non-hydrogen) atoms. The summed E-state index contributed by atoms with van der Waals surface area (Å²) in [5.41, 5.74) is 5.11. The van der Waals surface area contributed by atoms with Gasteiger partial charge in [0, 0.05) is 0 Å². The van der Waals surface area contributed by atoms with Crippen molar-refractivity contribution >= 4 is 5.78 Å². The molecule has 0 aromatic heterocycles. The maximum absolute atomic E-state index is 10.9. The van der Waals surface area contributed by atoms with Crippen molar-refractivity contribution < 1.29 is 9.90 Å². The Kier molecular flexibility index (Phi) is 1.99.